The van der Waals surface area contributed by atoms with Gasteiger partial charge >= 0.3 is 5.97 Å². The molecule has 10 heteroatoms. The molecule has 1 saturated heterocycles. The number of amides is 1. The van der Waals surface area contributed by atoms with Crippen molar-refractivity contribution >= 4 is 47.2 Å². The van der Waals surface area contributed by atoms with E-state index in [4.69, 9.17) is 0 Å². The van der Waals surface area contributed by atoms with Crippen molar-refractivity contribution in [3.8, 4) is 0 Å². The largest absolute Gasteiger partial charge is 0.477 e. The van der Waals surface area contributed by atoms with Crippen LogP contribution < -0.4 is 0 Å². The summed E-state index contributed by atoms with van der Waals surface area (Å²) in [4.78, 5) is 25.1. The maximum Gasteiger partial charge on any atom is 0.353 e. The van der Waals surface area contributed by atoms with Gasteiger partial charge in [-0.2, -0.15) is 10.3 Å². The van der Waals surface area contributed by atoms with Crippen molar-refractivity contribution in [1.82, 2.24) is 20.3 Å². The van der Waals surface area contributed by atoms with Gasteiger partial charge < -0.3 is 5.11 Å². The van der Waals surface area contributed by atoms with Crippen molar-refractivity contribution in [2.75, 3.05) is 10.8 Å². The molecular weight excluding hydrogens is 320 g/mol. The number of carbonyl (C=O) groups is 2. The first kappa shape index (κ1) is 13.8. The molecule has 1 aromatic rings. The van der Waals surface area contributed by atoms with E-state index in [0.717, 1.165) is 9.93 Å². The lowest BCUT2D eigenvalue weighted by Gasteiger charge is -2.43. The molecule has 2 N–H and O–H groups in total. The summed E-state index contributed by atoms with van der Waals surface area (Å²) in [5.41, 5.74) is 0.149. The highest BCUT2D eigenvalue weighted by Gasteiger charge is 2.45. The maximum absolute atomic E-state index is 11.6. The van der Waals surface area contributed by atoms with E-state index in [1.165, 1.54) is 28.4 Å². The van der Waals surface area contributed by atoms with Gasteiger partial charge in [0.25, 0.3) is 0 Å². The van der Waals surface area contributed by atoms with Gasteiger partial charge in [0.15, 0.2) is 0 Å². The van der Waals surface area contributed by atoms with Gasteiger partial charge in [-0.25, -0.2) is 4.79 Å². The molecule has 2 aliphatic heterocycles. The van der Waals surface area contributed by atoms with Crippen LogP contribution in [0.5, 0.6) is 0 Å². The molecule has 1 atom stereocenters. The SMILES string of the molecule is O=C(O)C1=C(SCSc2cn[nH]n2)CSC2CC(=O)N12. The van der Waals surface area contributed by atoms with E-state index in [9.17, 15) is 14.7 Å². The van der Waals surface area contributed by atoms with Gasteiger partial charge in [0.05, 0.1) is 23.1 Å². The fraction of sp³-hybridized carbons (Fsp3) is 0.400. The summed E-state index contributed by atoms with van der Waals surface area (Å²) in [5, 5.41) is 20.9. The first-order valence-corrected chi connectivity index (χ1v) is 8.70. The summed E-state index contributed by atoms with van der Waals surface area (Å²) >= 11 is 4.53. The van der Waals surface area contributed by atoms with Crippen molar-refractivity contribution in [2.24, 2.45) is 0 Å². The van der Waals surface area contributed by atoms with E-state index in [-0.39, 0.29) is 17.0 Å². The lowest BCUT2D eigenvalue weighted by molar-refractivity contribution is -0.146. The van der Waals surface area contributed by atoms with Gasteiger partial charge in [-0.3, -0.25) is 9.69 Å². The van der Waals surface area contributed by atoms with Crippen LogP contribution in [0.2, 0.25) is 0 Å². The summed E-state index contributed by atoms with van der Waals surface area (Å²) in [6.45, 7) is 0. The third-order valence-electron chi connectivity index (χ3n) is 2.85. The average Bonchev–Trinajstić information content (AvgIpc) is 2.91. The van der Waals surface area contributed by atoms with Crippen LogP contribution in [0.15, 0.2) is 21.8 Å². The maximum atomic E-state index is 11.6. The van der Waals surface area contributed by atoms with Crippen molar-refractivity contribution < 1.29 is 14.7 Å². The number of aliphatic carboxylic acids is 1. The Hall–Kier alpha value is -1.13. The zero-order valence-electron chi connectivity index (χ0n) is 10.1. The summed E-state index contributed by atoms with van der Waals surface area (Å²) < 4.78 is 0. The predicted molar refractivity (Wildman–Crippen MR) is 77.1 cm³/mol. The van der Waals surface area contributed by atoms with Crippen LogP contribution in [0.4, 0.5) is 0 Å². The van der Waals surface area contributed by atoms with Crippen molar-refractivity contribution in [1.29, 1.82) is 0 Å². The summed E-state index contributed by atoms with van der Waals surface area (Å²) in [7, 11) is 0. The minimum atomic E-state index is -1.03. The highest BCUT2D eigenvalue weighted by atomic mass is 32.2. The van der Waals surface area contributed by atoms with Crippen molar-refractivity contribution in [3.05, 3.63) is 16.8 Å². The molecule has 0 aromatic carbocycles. The number of thioether (sulfide) groups is 3. The number of rotatable bonds is 5. The van der Waals surface area contributed by atoms with Crippen LogP contribution in [-0.2, 0) is 9.59 Å². The minimum Gasteiger partial charge on any atom is -0.477 e. The number of β-lactam (4-membered cyclic amide) rings is 1. The van der Waals surface area contributed by atoms with Gasteiger partial charge in [-0.15, -0.1) is 28.6 Å². The number of hydrogen-bond donors (Lipinski definition) is 2. The molecule has 0 spiro atoms. The summed E-state index contributed by atoms with van der Waals surface area (Å²) in [6, 6.07) is 0. The third-order valence-corrected chi connectivity index (χ3v) is 6.37. The molecule has 3 rings (SSSR count). The molecule has 1 amide bonds. The number of fused-ring (bicyclic) bond motifs is 1. The van der Waals surface area contributed by atoms with Gasteiger partial charge in [0.2, 0.25) is 5.91 Å². The molecule has 1 unspecified atom stereocenters. The minimum absolute atomic E-state index is 0.00106. The zero-order valence-corrected chi connectivity index (χ0v) is 12.6. The van der Waals surface area contributed by atoms with Gasteiger partial charge in [-0.05, 0) is 0 Å². The Bertz CT molecular complexity index is 574. The first-order chi connectivity index (χ1) is 9.66. The van der Waals surface area contributed by atoms with E-state index in [2.05, 4.69) is 15.4 Å². The molecule has 0 saturated carbocycles. The number of carboxylic acid groups (broad SMARTS) is 1. The number of carbonyl (C=O) groups excluding carboxylic acids is 1. The Morgan fingerprint density at radius 2 is 2.45 bits per heavy atom. The Morgan fingerprint density at radius 3 is 3.10 bits per heavy atom. The van der Waals surface area contributed by atoms with E-state index < -0.39 is 5.97 Å². The first-order valence-electron chi connectivity index (χ1n) is 5.68. The van der Waals surface area contributed by atoms with Gasteiger partial charge in [-0.1, -0.05) is 11.8 Å². The van der Waals surface area contributed by atoms with Crippen LogP contribution in [0.3, 0.4) is 0 Å². The molecule has 2 aliphatic rings. The molecule has 0 aliphatic carbocycles. The van der Waals surface area contributed by atoms with Crippen LogP contribution in [0.25, 0.3) is 0 Å². The zero-order chi connectivity index (χ0) is 14.1. The second-order valence-electron chi connectivity index (χ2n) is 4.03. The van der Waals surface area contributed by atoms with Crippen molar-refractivity contribution in [2.45, 2.75) is 16.8 Å². The topological polar surface area (TPSA) is 99.2 Å². The van der Waals surface area contributed by atoms with E-state index in [1.54, 1.807) is 18.0 Å². The Kier molecular flexibility index (Phi) is 3.94. The predicted octanol–water partition coefficient (Wildman–Crippen LogP) is 1.19. The van der Waals surface area contributed by atoms with Crippen molar-refractivity contribution in [3.63, 3.8) is 0 Å². The number of aromatic amines is 1. The third kappa shape index (κ3) is 2.54. The Balaban J connectivity index is 1.70. The number of hydrogen-bond acceptors (Lipinski definition) is 7. The van der Waals surface area contributed by atoms with Gasteiger partial charge in [0, 0.05) is 10.7 Å². The monoisotopic (exact) mass is 330 g/mol. The molecule has 0 bridgehead atoms. The molecule has 0 radical (unpaired) electrons. The molecule has 20 heavy (non-hydrogen) atoms. The van der Waals surface area contributed by atoms with E-state index in [1.807, 2.05) is 0 Å². The molecule has 1 aromatic heterocycles. The fourth-order valence-electron chi connectivity index (χ4n) is 1.92. The molecule has 7 nitrogen and oxygen atoms in total. The number of H-pyrrole nitrogens is 1. The highest BCUT2D eigenvalue weighted by molar-refractivity contribution is 8.18. The Labute approximate surface area is 126 Å². The smallest absolute Gasteiger partial charge is 0.353 e. The molecular formula is C10H10N4O3S3. The number of nitrogens with zero attached hydrogens (tertiary/aromatic N) is 3. The second-order valence-corrected chi connectivity index (χ2v) is 7.62. The number of carboxylic acids is 1. The standard InChI is InChI=1S/C10H10N4O3S3/c15-7-1-8-14(7)9(10(16)17)5(3-18-8)19-4-20-6-2-11-13-12-6/h2,8H,1,3-4H2,(H,16,17)(H,11,12,13). The number of aromatic nitrogens is 3. The summed E-state index contributed by atoms with van der Waals surface area (Å²) in [6.07, 6.45) is 2.05. The second kappa shape index (κ2) is 5.70. The highest BCUT2D eigenvalue weighted by Crippen LogP contribution is 2.43. The lowest BCUT2D eigenvalue weighted by Crippen LogP contribution is -2.53. The van der Waals surface area contributed by atoms with Crippen LogP contribution in [0, 0.1) is 0 Å². The molecule has 106 valence electrons. The Morgan fingerprint density at radius 1 is 1.60 bits per heavy atom. The van der Waals surface area contributed by atoms with E-state index >= 15 is 0 Å². The summed E-state index contributed by atoms with van der Waals surface area (Å²) in [5.74, 6) is -0.501. The van der Waals surface area contributed by atoms with Gasteiger partial charge in [0.1, 0.15) is 10.7 Å². The van der Waals surface area contributed by atoms with E-state index in [0.29, 0.717) is 17.3 Å². The van der Waals surface area contributed by atoms with Crippen LogP contribution in [0.1, 0.15) is 6.42 Å². The fourth-order valence-corrected chi connectivity index (χ4v) is 5.41. The molecule has 1 fully saturated rings. The normalized spacial score (nSPS) is 21.7. The van der Waals surface area contributed by atoms with Crippen LogP contribution >= 0.6 is 35.3 Å². The average molecular weight is 330 g/mol. The molecule has 3 heterocycles. The quantitative estimate of drug-likeness (QED) is 0.472. The van der Waals surface area contributed by atoms with Crippen LogP contribution in [-0.4, -0.2) is 53.5 Å². The lowest BCUT2D eigenvalue weighted by atomic mass is 10.1. The number of nitrogens with one attached hydrogen (secondary N) is 1.